The van der Waals surface area contributed by atoms with Gasteiger partial charge >= 0.3 is 0 Å². The van der Waals surface area contributed by atoms with Gasteiger partial charge in [0.05, 0.1) is 0 Å². The van der Waals surface area contributed by atoms with Crippen LogP contribution in [0.3, 0.4) is 0 Å². The molecule has 0 saturated heterocycles. The molecule has 0 unspecified atom stereocenters. The summed E-state index contributed by atoms with van der Waals surface area (Å²) in [6.45, 7) is 2.04. The van der Waals surface area contributed by atoms with Crippen LogP contribution in [-0.4, -0.2) is 13.1 Å². The second-order valence-corrected chi connectivity index (χ2v) is 11.6. The average Bonchev–Trinajstić information content (AvgIpc) is 2.72. The van der Waals surface area contributed by atoms with Crippen LogP contribution in [0.5, 0.6) is 0 Å². The van der Waals surface area contributed by atoms with Gasteiger partial charge < -0.3 is 5.32 Å². The van der Waals surface area contributed by atoms with Crippen LogP contribution in [-0.2, 0) is 0 Å². The van der Waals surface area contributed by atoms with Gasteiger partial charge in [-0.2, -0.15) is 0 Å². The highest BCUT2D eigenvalue weighted by Crippen LogP contribution is 2.61. The molecule has 0 atom stereocenters. The molecule has 5 saturated carbocycles. The second kappa shape index (κ2) is 9.55. The van der Waals surface area contributed by atoms with Gasteiger partial charge in [-0.05, 0) is 104 Å². The van der Waals surface area contributed by atoms with Crippen molar-refractivity contribution >= 4 is 29.3 Å². The molecule has 164 valence electrons. The fourth-order valence-electron chi connectivity index (χ4n) is 7.58. The molecule has 1 N–H and O–H groups in total. The molecular weight excluding hydrogens is 409 g/mol. The van der Waals surface area contributed by atoms with Crippen molar-refractivity contribution in [3.8, 4) is 0 Å². The Morgan fingerprint density at radius 1 is 0.867 bits per heavy atom. The highest BCUT2D eigenvalue weighted by atomic mass is 35.5. The summed E-state index contributed by atoms with van der Waals surface area (Å²) in [6.07, 6.45) is 20.0. The zero-order valence-corrected chi connectivity index (χ0v) is 19.7. The quantitative estimate of drug-likeness (QED) is 0.417. The molecule has 1 nitrogen and oxygen atoms in total. The molecule has 1 aromatic carbocycles. The summed E-state index contributed by atoms with van der Waals surface area (Å²) < 4.78 is 0. The average molecular weight is 447 g/mol. The van der Waals surface area contributed by atoms with Gasteiger partial charge in [-0.15, -0.1) is 0 Å². The van der Waals surface area contributed by atoms with Crippen molar-refractivity contribution in [1.82, 2.24) is 5.32 Å². The molecule has 1 aromatic rings. The molecule has 3 heteroatoms. The SMILES string of the molecule is Clc1cc(C=CCNCCC2CCCCC2)cc(Cl)c1C1C2CC3CC(C2)CC1C3. The molecule has 0 heterocycles. The predicted octanol–water partition coefficient (Wildman–Crippen LogP) is 8.11. The Balaban J connectivity index is 1.17. The van der Waals surface area contributed by atoms with Crippen LogP contribution < -0.4 is 5.32 Å². The molecule has 4 bridgehead atoms. The van der Waals surface area contributed by atoms with Gasteiger partial charge in [0.25, 0.3) is 0 Å². The summed E-state index contributed by atoms with van der Waals surface area (Å²) in [5.41, 5.74) is 2.39. The molecule has 0 amide bonds. The van der Waals surface area contributed by atoms with E-state index in [1.54, 1.807) is 0 Å². The number of benzene rings is 1. The molecule has 6 rings (SSSR count). The van der Waals surface area contributed by atoms with Gasteiger partial charge in [0, 0.05) is 16.6 Å². The Bertz CT molecular complexity index is 713. The van der Waals surface area contributed by atoms with Crippen LogP contribution in [0.1, 0.15) is 87.7 Å². The first-order chi connectivity index (χ1) is 14.7. The minimum absolute atomic E-state index is 0.595. The van der Waals surface area contributed by atoms with Gasteiger partial charge in [-0.1, -0.05) is 67.5 Å². The third-order valence-electron chi connectivity index (χ3n) is 8.69. The second-order valence-electron chi connectivity index (χ2n) is 10.8. The molecule has 0 spiro atoms. The Labute approximate surface area is 193 Å². The van der Waals surface area contributed by atoms with Gasteiger partial charge in [0.2, 0.25) is 0 Å². The summed E-state index contributed by atoms with van der Waals surface area (Å²) >= 11 is 13.7. The van der Waals surface area contributed by atoms with Crippen molar-refractivity contribution in [2.24, 2.45) is 29.6 Å². The first-order valence-corrected chi connectivity index (χ1v) is 13.3. The lowest BCUT2D eigenvalue weighted by molar-refractivity contribution is -0.00272. The largest absolute Gasteiger partial charge is 0.313 e. The van der Waals surface area contributed by atoms with Crippen molar-refractivity contribution in [1.29, 1.82) is 0 Å². The highest BCUT2D eigenvalue weighted by molar-refractivity contribution is 6.36. The van der Waals surface area contributed by atoms with Gasteiger partial charge in [-0.3, -0.25) is 0 Å². The Hall–Kier alpha value is -0.500. The third-order valence-corrected chi connectivity index (χ3v) is 9.31. The standard InChI is InChI=1S/C27H37Cl2N/c28-24-16-19(7-4-9-30-10-8-18-5-2-1-3-6-18)17-25(29)27(24)26-22-12-20-11-21(14-22)15-23(26)13-20/h4,7,16-18,20-23,26,30H,1-3,5-6,8-15H2. The van der Waals surface area contributed by atoms with Crippen molar-refractivity contribution in [2.75, 3.05) is 13.1 Å². The molecule has 5 aliphatic rings. The zero-order valence-electron chi connectivity index (χ0n) is 18.2. The smallest absolute Gasteiger partial charge is 0.0461 e. The summed E-state index contributed by atoms with van der Waals surface area (Å²) in [6, 6.07) is 4.29. The number of hydrogen-bond donors (Lipinski definition) is 1. The van der Waals surface area contributed by atoms with E-state index in [0.29, 0.717) is 5.92 Å². The maximum atomic E-state index is 6.84. The monoisotopic (exact) mass is 445 g/mol. The summed E-state index contributed by atoms with van der Waals surface area (Å²) in [7, 11) is 0. The van der Waals surface area contributed by atoms with E-state index in [-0.39, 0.29) is 0 Å². The number of rotatable bonds is 7. The predicted molar refractivity (Wildman–Crippen MR) is 129 cm³/mol. The van der Waals surface area contributed by atoms with E-state index in [1.807, 2.05) is 0 Å². The topological polar surface area (TPSA) is 12.0 Å². The van der Waals surface area contributed by atoms with Crippen LogP contribution in [0.4, 0.5) is 0 Å². The van der Waals surface area contributed by atoms with Gasteiger partial charge in [-0.25, -0.2) is 0 Å². The van der Waals surface area contributed by atoms with Crippen molar-refractivity contribution in [3.63, 3.8) is 0 Å². The Morgan fingerprint density at radius 3 is 2.13 bits per heavy atom. The van der Waals surface area contributed by atoms with Crippen molar-refractivity contribution in [3.05, 3.63) is 39.4 Å². The summed E-state index contributed by atoms with van der Waals surface area (Å²) in [4.78, 5) is 0. The van der Waals surface area contributed by atoms with Crippen LogP contribution in [0, 0.1) is 29.6 Å². The zero-order chi connectivity index (χ0) is 20.5. The van der Waals surface area contributed by atoms with E-state index in [9.17, 15) is 0 Å². The molecule has 0 aliphatic heterocycles. The fraction of sp³-hybridized carbons (Fsp3) is 0.704. The minimum atomic E-state index is 0.595. The van der Waals surface area contributed by atoms with E-state index in [0.717, 1.165) is 58.3 Å². The normalized spacial score (nSPS) is 33.6. The number of nitrogens with one attached hydrogen (secondary N) is 1. The molecule has 0 radical (unpaired) electrons. The van der Waals surface area contributed by atoms with E-state index in [4.69, 9.17) is 23.2 Å². The highest BCUT2D eigenvalue weighted by Gasteiger charge is 2.49. The molecule has 5 aliphatic carbocycles. The van der Waals surface area contributed by atoms with Crippen LogP contribution in [0.25, 0.3) is 6.08 Å². The van der Waals surface area contributed by atoms with E-state index >= 15 is 0 Å². The Kier molecular flexibility index (Phi) is 6.80. The van der Waals surface area contributed by atoms with Crippen molar-refractivity contribution in [2.45, 2.75) is 76.5 Å². The maximum absolute atomic E-state index is 6.84. The lowest BCUT2D eigenvalue weighted by Gasteiger charge is -2.55. The lowest BCUT2D eigenvalue weighted by Crippen LogP contribution is -2.43. The minimum Gasteiger partial charge on any atom is -0.313 e. The first-order valence-electron chi connectivity index (χ1n) is 12.5. The summed E-state index contributed by atoms with van der Waals surface area (Å²) in [5, 5.41) is 5.36. The van der Waals surface area contributed by atoms with E-state index in [1.165, 1.54) is 76.2 Å². The van der Waals surface area contributed by atoms with Crippen LogP contribution in [0.2, 0.25) is 10.0 Å². The fourth-order valence-corrected chi connectivity index (χ4v) is 8.33. The van der Waals surface area contributed by atoms with E-state index < -0.39 is 0 Å². The maximum Gasteiger partial charge on any atom is 0.0461 e. The number of hydrogen-bond acceptors (Lipinski definition) is 1. The molecule has 5 fully saturated rings. The summed E-state index contributed by atoms with van der Waals surface area (Å²) in [5.74, 6) is 5.13. The molecular formula is C27H37Cl2N. The van der Waals surface area contributed by atoms with Crippen LogP contribution >= 0.6 is 23.2 Å². The van der Waals surface area contributed by atoms with E-state index in [2.05, 4.69) is 29.6 Å². The third kappa shape index (κ3) is 4.64. The number of halogens is 2. The molecule has 30 heavy (non-hydrogen) atoms. The lowest BCUT2D eigenvalue weighted by atomic mass is 9.50. The first kappa shape index (κ1) is 21.4. The van der Waals surface area contributed by atoms with Crippen molar-refractivity contribution < 1.29 is 0 Å². The van der Waals surface area contributed by atoms with Gasteiger partial charge in [0.15, 0.2) is 0 Å². The van der Waals surface area contributed by atoms with Gasteiger partial charge in [0.1, 0.15) is 0 Å². The van der Waals surface area contributed by atoms with Crippen LogP contribution in [0.15, 0.2) is 18.2 Å². The Morgan fingerprint density at radius 2 is 1.50 bits per heavy atom. The molecule has 0 aromatic heterocycles.